The highest BCUT2D eigenvalue weighted by atomic mass is 32.1. The minimum absolute atomic E-state index is 0.189. The van der Waals surface area contributed by atoms with E-state index >= 15 is 0 Å². The number of nitrogens with one attached hydrogen (secondary N) is 1. The minimum Gasteiger partial charge on any atom is -0.469 e. The number of aromatic nitrogens is 2. The summed E-state index contributed by atoms with van der Waals surface area (Å²) < 4.78 is 4.58. The average molecular weight is 325 g/mol. The van der Waals surface area contributed by atoms with E-state index in [2.05, 4.69) is 20.0 Å². The number of ether oxygens (including phenoxy) is 1. The summed E-state index contributed by atoms with van der Waals surface area (Å²) in [5.74, 6) is -0.412. The average Bonchev–Trinajstić information content (AvgIpc) is 3.07. The predicted octanol–water partition coefficient (Wildman–Crippen LogP) is 2.66. The van der Waals surface area contributed by atoms with Crippen molar-refractivity contribution in [2.45, 2.75) is 26.2 Å². The van der Waals surface area contributed by atoms with Gasteiger partial charge in [0, 0.05) is 11.8 Å². The molecule has 0 fully saturated rings. The molecule has 0 saturated carbocycles. The number of carbonyl (C=O) groups is 2. The Bertz CT molecular complexity index is 636. The number of hydrogen-bond acceptors (Lipinski definition) is 7. The van der Waals surface area contributed by atoms with E-state index in [-0.39, 0.29) is 11.9 Å². The van der Waals surface area contributed by atoms with Crippen LogP contribution in [0.3, 0.4) is 0 Å². The smallest absolute Gasteiger partial charge is 0.305 e. The van der Waals surface area contributed by atoms with E-state index in [0.29, 0.717) is 35.0 Å². The molecule has 0 aromatic carbocycles. The Kier molecular flexibility index (Phi) is 5.40. The molecule has 0 unspecified atom stereocenters. The predicted molar refractivity (Wildman–Crippen MR) is 81.9 cm³/mol. The van der Waals surface area contributed by atoms with Gasteiger partial charge in [-0.25, -0.2) is 9.97 Å². The lowest BCUT2D eigenvalue weighted by Gasteiger charge is -1.99. The summed E-state index contributed by atoms with van der Waals surface area (Å²) >= 11 is 2.68. The second-order valence-corrected chi connectivity index (χ2v) is 6.01. The van der Waals surface area contributed by atoms with Crippen molar-refractivity contribution >= 4 is 39.7 Å². The summed E-state index contributed by atoms with van der Waals surface area (Å²) in [6.45, 7) is 1.80. The second kappa shape index (κ2) is 7.28. The largest absolute Gasteiger partial charge is 0.469 e. The molecule has 0 radical (unpaired) electrons. The van der Waals surface area contributed by atoms with Crippen molar-refractivity contribution in [1.29, 1.82) is 0 Å². The van der Waals surface area contributed by atoms with Gasteiger partial charge in [-0.05, 0) is 19.8 Å². The van der Waals surface area contributed by atoms with Crippen LogP contribution >= 0.6 is 22.7 Å². The fraction of sp³-hybridized carbons (Fsp3) is 0.385. The van der Waals surface area contributed by atoms with Crippen molar-refractivity contribution in [2.75, 3.05) is 12.4 Å². The van der Waals surface area contributed by atoms with Crippen LogP contribution in [0.15, 0.2) is 10.9 Å². The third-order valence-corrected chi connectivity index (χ3v) is 4.50. The summed E-state index contributed by atoms with van der Waals surface area (Å²) in [6, 6.07) is 0. The van der Waals surface area contributed by atoms with Gasteiger partial charge >= 0.3 is 5.97 Å². The molecular formula is C13H15N3O3S2. The van der Waals surface area contributed by atoms with Crippen molar-refractivity contribution in [1.82, 2.24) is 9.97 Å². The molecule has 2 aromatic rings. The summed E-state index contributed by atoms with van der Waals surface area (Å²) in [5.41, 5.74) is 3.22. The molecule has 0 saturated heterocycles. The molecule has 0 atom stereocenters. The van der Waals surface area contributed by atoms with Gasteiger partial charge in [0.25, 0.3) is 5.91 Å². The Labute approximate surface area is 130 Å². The lowest BCUT2D eigenvalue weighted by molar-refractivity contribution is -0.140. The monoisotopic (exact) mass is 325 g/mol. The number of nitrogens with zero attached hydrogens (tertiary/aromatic N) is 2. The first kappa shape index (κ1) is 15.6. The fourth-order valence-electron chi connectivity index (χ4n) is 1.67. The summed E-state index contributed by atoms with van der Waals surface area (Å²) in [4.78, 5) is 32.0. The van der Waals surface area contributed by atoms with Crippen LogP contribution in [-0.4, -0.2) is 29.0 Å². The molecule has 2 aromatic heterocycles. The first-order chi connectivity index (χ1) is 10.1. The van der Waals surface area contributed by atoms with Gasteiger partial charge in [0.1, 0.15) is 4.88 Å². The van der Waals surface area contributed by atoms with Crippen molar-refractivity contribution in [3.8, 4) is 0 Å². The molecule has 6 nitrogen and oxygen atoms in total. The highest BCUT2D eigenvalue weighted by Crippen LogP contribution is 2.20. The molecular weight excluding hydrogens is 310 g/mol. The van der Waals surface area contributed by atoms with Crippen molar-refractivity contribution < 1.29 is 14.3 Å². The molecule has 1 N–H and O–H groups in total. The number of aryl methyl sites for hydroxylation is 2. The van der Waals surface area contributed by atoms with Crippen LogP contribution in [0.5, 0.6) is 0 Å². The minimum atomic E-state index is -0.223. The van der Waals surface area contributed by atoms with Crippen LogP contribution in [0.1, 0.15) is 33.9 Å². The molecule has 0 spiro atoms. The second-order valence-electron chi connectivity index (χ2n) is 4.29. The third kappa shape index (κ3) is 4.33. The van der Waals surface area contributed by atoms with E-state index in [9.17, 15) is 9.59 Å². The van der Waals surface area contributed by atoms with Gasteiger partial charge in [0.2, 0.25) is 0 Å². The van der Waals surface area contributed by atoms with Crippen LogP contribution in [0.25, 0.3) is 0 Å². The van der Waals surface area contributed by atoms with Crippen LogP contribution < -0.4 is 5.32 Å². The van der Waals surface area contributed by atoms with Gasteiger partial charge in [-0.3, -0.25) is 14.9 Å². The Morgan fingerprint density at radius 1 is 1.38 bits per heavy atom. The van der Waals surface area contributed by atoms with Crippen molar-refractivity contribution in [2.24, 2.45) is 0 Å². The lowest BCUT2D eigenvalue weighted by Crippen LogP contribution is -2.11. The number of amides is 1. The summed E-state index contributed by atoms with van der Waals surface area (Å²) in [7, 11) is 1.38. The number of carbonyl (C=O) groups excluding carboxylic acids is 2. The summed E-state index contributed by atoms with van der Waals surface area (Å²) in [5, 5.41) is 5.20. The van der Waals surface area contributed by atoms with Gasteiger partial charge in [-0.15, -0.1) is 22.7 Å². The van der Waals surface area contributed by atoms with Gasteiger partial charge < -0.3 is 4.74 Å². The lowest BCUT2D eigenvalue weighted by atomic mass is 10.2. The number of thiazole rings is 2. The van der Waals surface area contributed by atoms with Crippen molar-refractivity contribution in [3.63, 3.8) is 0 Å². The van der Waals surface area contributed by atoms with E-state index in [1.54, 1.807) is 12.4 Å². The van der Waals surface area contributed by atoms with E-state index in [4.69, 9.17) is 0 Å². The standard InChI is InChI=1S/C13H15N3O3S2/c1-8-11(21-7-14-8)12(18)16-13-15-9(6-20-13)4-3-5-10(17)19-2/h6-7H,3-5H2,1-2H3,(H,15,16,18). The van der Waals surface area contributed by atoms with Gasteiger partial charge in [-0.2, -0.15) is 0 Å². The number of rotatable bonds is 6. The van der Waals surface area contributed by atoms with E-state index in [1.807, 2.05) is 5.38 Å². The normalized spacial score (nSPS) is 10.4. The first-order valence-corrected chi connectivity index (χ1v) is 8.08. The molecule has 112 valence electrons. The highest BCUT2D eigenvalue weighted by Gasteiger charge is 2.13. The number of methoxy groups -OCH3 is 1. The van der Waals surface area contributed by atoms with Crippen molar-refractivity contribution in [3.05, 3.63) is 27.2 Å². The SMILES string of the molecule is COC(=O)CCCc1csc(NC(=O)c2scnc2C)n1. The van der Waals surface area contributed by atoms with E-state index in [1.165, 1.54) is 29.8 Å². The molecule has 2 heterocycles. The molecule has 2 rings (SSSR count). The maximum atomic E-state index is 12.0. The van der Waals surface area contributed by atoms with Gasteiger partial charge in [0.05, 0.1) is 24.0 Å². The molecule has 0 aliphatic carbocycles. The first-order valence-electron chi connectivity index (χ1n) is 6.33. The molecule has 1 amide bonds. The molecule has 0 aliphatic heterocycles. The van der Waals surface area contributed by atoms with Crippen LogP contribution in [-0.2, 0) is 16.0 Å². The molecule has 0 bridgehead atoms. The number of esters is 1. The maximum absolute atomic E-state index is 12.0. The van der Waals surface area contributed by atoms with Crippen LogP contribution in [0, 0.1) is 6.92 Å². The quantitative estimate of drug-likeness (QED) is 0.826. The van der Waals surface area contributed by atoms with Crippen LogP contribution in [0.4, 0.5) is 5.13 Å². The Morgan fingerprint density at radius 3 is 2.86 bits per heavy atom. The van der Waals surface area contributed by atoms with E-state index < -0.39 is 0 Å². The fourth-order valence-corrected chi connectivity index (χ4v) is 3.11. The van der Waals surface area contributed by atoms with Crippen LogP contribution in [0.2, 0.25) is 0 Å². The zero-order valence-corrected chi connectivity index (χ0v) is 13.3. The van der Waals surface area contributed by atoms with E-state index in [0.717, 1.165) is 5.69 Å². The van der Waals surface area contributed by atoms with Gasteiger partial charge in [-0.1, -0.05) is 0 Å². The topological polar surface area (TPSA) is 81.2 Å². The van der Waals surface area contributed by atoms with Gasteiger partial charge in [0.15, 0.2) is 5.13 Å². The zero-order chi connectivity index (χ0) is 15.2. The number of anilines is 1. The zero-order valence-electron chi connectivity index (χ0n) is 11.7. The number of hydrogen-bond donors (Lipinski definition) is 1. The Balaban J connectivity index is 1.87. The molecule has 8 heteroatoms. The Morgan fingerprint density at radius 2 is 2.19 bits per heavy atom. The Hall–Kier alpha value is -1.80. The maximum Gasteiger partial charge on any atom is 0.305 e. The molecule has 21 heavy (non-hydrogen) atoms. The highest BCUT2D eigenvalue weighted by molar-refractivity contribution is 7.14. The third-order valence-electron chi connectivity index (χ3n) is 2.77. The molecule has 0 aliphatic rings. The summed E-state index contributed by atoms with van der Waals surface area (Å²) in [6.07, 6.45) is 1.73.